The first-order chi connectivity index (χ1) is 9.83. The third-order valence-corrected chi connectivity index (χ3v) is 4.11. The van der Waals surface area contributed by atoms with Gasteiger partial charge in [-0.05, 0) is 17.6 Å². The van der Waals surface area contributed by atoms with Gasteiger partial charge in [-0.25, -0.2) is 9.97 Å². The topological polar surface area (TPSA) is 58.9 Å². The summed E-state index contributed by atoms with van der Waals surface area (Å²) < 4.78 is 5.37. The van der Waals surface area contributed by atoms with E-state index in [1.54, 1.807) is 6.07 Å². The first-order valence-electron chi connectivity index (χ1n) is 6.11. The van der Waals surface area contributed by atoms with Gasteiger partial charge in [0.05, 0.1) is 15.9 Å². The number of benzene rings is 2. The number of aromatic hydroxyl groups is 1. The van der Waals surface area contributed by atoms with E-state index in [1.807, 2.05) is 36.4 Å². The van der Waals surface area contributed by atoms with E-state index in [4.69, 9.17) is 0 Å². The summed E-state index contributed by atoms with van der Waals surface area (Å²) in [7, 11) is 0. The quantitative estimate of drug-likeness (QED) is 0.578. The second kappa shape index (κ2) is 4.25. The van der Waals surface area contributed by atoms with E-state index in [-0.39, 0.29) is 5.75 Å². The van der Waals surface area contributed by atoms with Crippen molar-refractivity contribution in [2.45, 2.75) is 0 Å². The molecule has 0 fully saturated rings. The molecule has 0 bridgehead atoms. The second-order valence-corrected chi connectivity index (χ2v) is 5.23. The highest BCUT2D eigenvalue weighted by Crippen LogP contribution is 2.35. The average Bonchev–Trinajstić information content (AvgIpc) is 2.96. The van der Waals surface area contributed by atoms with Gasteiger partial charge in [-0.15, -0.1) is 0 Å². The lowest BCUT2D eigenvalue weighted by molar-refractivity contribution is 0.482. The monoisotopic (exact) mass is 279 g/mol. The highest BCUT2D eigenvalue weighted by molar-refractivity contribution is 7.14. The summed E-state index contributed by atoms with van der Waals surface area (Å²) in [6.45, 7) is 0. The fourth-order valence-corrected chi connectivity index (χ4v) is 3.10. The van der Waals surface area contributed by atoms with Gasteiger partial charge in [-0.2, -0.15) is 4.37 Å². The second-order valence-electron chi connectivity index (χ2n) is 4.46. The molecule has 20 heavy (non-hydrogen) atoms. The van der Waals surface area contributed by atoms with Crippen LogP contribution >= 0.6 is 11.5 Å². The van der Waals surface area contributed by atoms with E-state index >= 15 is 0 Å². The van der Waals surface area contributed by atoms with Gasteiger partial charge < -0.3 is 5.11 Å². The molecule has 0 unspecified atom stereocenters. The van der Waals surface area contributed by atoms with E-state index in [1.165, 1.54) is 17.9 Å². The van der Waals surface area contributed by atoms with Crippen molar-refractivity contribution in [3.8, 4) is 17.0 Å². The Morgan fingerprint density at radius 1 is 1.00 bits per heavy atom. The number of rotatable bonds is 1. The standard InChI is InChI=1S/C15H9N3OS/c19-13-7-12-14(17-8-16-12)15-10(13)6-11(18-20-15)9-4-2-1-3-5-9/h1-8,19H. The molecule has 4 rings (SSSR count). The zero-order chi connectivity index (χ0) is 13.5. The molecule has 0 aliphatic rings. The molecular formula is C15H9N3OS. The van der Waals surface area contributed by atoms with Crippen LogP contribution in [-0.4, -0.2) is 19.4 Å². The van der Waals surface area contributed by atoms with Gasteiger partial charge in [0.2, 0.25) is 0 Å². The lowest BCUT2D eigenvalue weighted by atomic mass is 10.1. The molecule has 0 amide bonds. The van der Waals surface area contributed by atoms with Gasteiger partial charge in [0.25, 0.3) is 0 Å². The van der Waals surface area contributed by atoms with Gasteiger partial charge in [0.1, 0.15) is 17.6 Å². The van der Waals surface area contributed by atoms with Crippen LogP contribution in [0.25, 0.3) is 32.4 Å². The maximum atomic E-state index is 10.2. The Balaban J connectivity index is 2.04. The number of hydrogen-bond donors (Lipinski definition) is 1. The molecule has 2 aromatic carbocycles. The molecule has 0 aliphatic heterocycles. The molecule has 0 atom stereocenters. The predicted molar refractivity (Wildman–Crippen MR) is 79.8 cm³/mol. The Morgan fingerprint density at radius 2 is 1.85 bits per heavy atom. The Morgan fingerprint density at radius 3 is 2.70 bits per heavy atom. The SMILES string of the molecule is Oc1cc2ncnc2c2snc(-c3ccccc3)cc12. The van der Waals surface area contributed by atoms with E-state index in [9.17, 15) is 5.11 Å². The van der Waals surface area contributed by atoms with Crippen molar-refractivity contribution in [3.63, 3.8) is 0 Å². The molecule has 0 radical (unpaired) electrons. The van der Waals surface area contributed by atoms with Crippen LogP contribution < -0.4 is 0 Å². The summed E-state index contributed by atoms with van der Waals surface area (Å²) in [5, 5.41) is 10.9. The van der Waals surface area contributed by atoms with Crippen LogP contribution in [0.1, 0.15) is 0 Å². The van der Waals surface area contributed by atoms with Crippen molar-refractivity contribution < 1.29 is 5.11 Å². The summed E-state index contributed by atoms with van der Waals surface area (Å²) in [5.74, 6) is 0.212. The number of fused-ring (bicyclic) bond motifs is 3. The third-order valence-electron chi connectivity index (χ3n) is 3.22. The highest BCUT2D eigenvalue weighted by Gasteiger charge is 2.11. The minimum atomic E-state index is 0.212. The summed E-state index contributed by atoms with van der Waals surface area (Å²) in [4.78, 5) is 8.36. The van der Waals surface area contributed by atoms with E-state index in [2.05, 4.69) is 14.3 Å². The highest BCUT2D eigenvalue weighted by atomic mass is 32.1. The first-order valence-corrected chi connectivity index (χ1v) is 6.89. The van der Waals surface area contributed by atoms with Gasteiger partial charge in [-0.3, -0.25) is 0 Å². The molecule has 0 aliphatic carbocycles. The van der Waals surface area contributed by atoms with Crippen LogP contribution in [0.4, 0.5) is 0 Å². The fraction of sp³-hybridized carbons (Fsp3) is 0. The van der Waals surface area contributed by atoms with Crippen LogP contribution in [-0.2, 0) is 0 Å². The van der Waals surface area contributed by atoms with Crippen molar-refractivity contribution in [3.05, 3.63) is 48.8 Å². The zero-order valence-corrected chi connectivity index (χ0v) is 11.1. The van der Waals surface area contributed by atoms with Crippen molar-refractivity contribution in [1.29, 1.82) is 0 Å². The van der Waals surface area contributed by atoms with E-state index in [0.717, 1.165) is 26.9 Å². The van der Waals surface area contributed by atoms with Crippen LogP contribution in [0, 0.1) is 0 Å². The Hall–Kier alpha value is -2.53. The minimum absolute atomic E-state index is 0.212. The fourth-order valence-electron chi connectivity index (χ4n) is 2.24. The smallest absolute Gasteiger partial charge is 0.126 e. The number of hydrogen-bond acceptors (Lipinski definition) is 5. The van der Waals surface area contributed by atoms with Crippen molar-refractivity contribution in [2.75, 3.05) is 0 Å². The Kier molecular flexibility index (Phi) is 2.40. The molecule has 0 saturated carbocycles. The number of imidazole rings is 1. The average molecular weight is 279 g/mol. The molecule has 2 aromatic heterocycles. The molecular weight excluding hydrogens is 270 g/mol. The lowest BCUT2D eigenvalue weighted by Gasteiger charge is -2.04. The summed E-state index contributed by atoms with van der Waals surface area (Å²) in [6.07, 6.45) is 1.50. The molecule has 96 valence electrons. The van der Waals surface area contributed by atoms with Gasteiger partial charge >= 0.3 is 0 Å². The first kappa shape index (κ1) is 11.3. The normalized spacial score (nSPS) is 11.2. The Bertz CT molecular complexity index is 918. The third kappa shape index (κ3) is 1.64. The maximum Gasteiger partial charge on any atom is 0.126 e. The van der Waals surface area contributed by atoms with Crippen molar-refractivity contribution >= 4 is 32.7 Å². The molecule has 4 nitrogen and oxygen atoms in total. The minimum Gasteiger partial charge on any atom is -0.507 e. The Labute approximate surface area is 118 Å². The van der Waals surface area contributed by atoms with Gasteiger partial charge in [-0.1, -0.05) is 30.3 Å². The van der Waals surface area contributed by atoms with Crippen LogP contribution in [0.15, 0.2) is 48.8 Å². The van der Waals surface area contributed by atoms with Crippen molar-refractivity contribution in [2.24, 2.45) is 0 Å². The molecule has 2 heterocycles. The number of aromatic nitrogens is 3. The molecule has 0 spiro atoms. The van der Waals surface area contributed by atoms with E-state index < -0.39 is 0 Å². The largest absolute Gasteiger partial charge is 0.507 e. The zero-order valence-electron chi connectivity index (χ0n) is 10.3. The molecule has 4 aromatic rings. The van der Waals surface area contributed by atoms with Crippen LogP contribution in [0.5, 0.6) is 5.75 Å². The van der Waals surface area contributed by atoms with Gasteiger partial charge in [0, 0.05) is 17.0 Å². The molecule has 5 heteroatoms. The predicted octanol–water partition coefficient (Wildman–Crippen LogP) is 3.61. The van der Waals surface area contributed by atoms with Crippen molar-refractivity contribution in [1.82, 2.24) is 14.3 Å². The molecule has 1 N–H and O–H groups in total. The van der Waals surface area contributed by atoms with Crippen LogP contribution in [0.3, 0.4) is 0 Å². The number of phenols is 1. The summed E-state index contributed by atoms with van der Waals surface area (Å²) in [6, 6.07) is 13.4. The molecule has 0 saturated heterocycles. The van der Waals surface area contributed by atoms with Gasteiger partial charge in [0.15, 0.2) is 0 Å². The van der Waals surface area contributed by atoms with E-state index in [0.29, 0.717) is 5.52 Å². The van der Waals surface area contributed by atoms with Crippen LogP contribution in [0.2, 0.25) is 0 Å². The number of phenolic OH excluding ortho intramolecular Hbond substituents is 1. The lowest BCUT2D eigenvalue weighted by Crippen LogP contribution is -1.83. The number of nitrogens with zero attached hydrogens (tertiary/aromatic N) is 3. The summed E-state index contributed by atoms with van der Waals surface area (Å²) in [5.41, 5.74) is 3.35. The summed E-state index contributed by atoms with van der Waals surface area (Å²) >= 11 is 1.33. The maximum absolute atomic E-state index is 10.2.